The molecule has 344 valence electrons. The van der Waals surface area contributed by atoms with Crippen molar-refractivity contribution in [3.05, 3.63) is 89.8 Å². The van der Waals surface area contributed by atoms with Crippen molar-refractivity contribution >= 4 is 56.8 Å². The largest absolute Gasteiger partial charge is 0.372 e. The SMILES string of the molecule is Cc1cc(-c2ncnc3[nH]c4cc(N5CCC6(CCN(CC7CCN(c8ccc(N9CCC(=O)NC9=O)cc8)CC7)CC6)CC5)ccc4c23)ccc1[C@@H](C)NC(=O)c1nc(C(C)(C)C)no1. The van der Waals surface area contributed by atoms with Crippen LogP contribution in [0.2, 0.25) is 0 Å². The second-order valence-electron chi connectivity index (χ2n) is 20.2. The van der Waals surface area contributed by atoms with Gasteiger partial charge in [0.25, 0.3) is 0 Å². The highest BCUT2D eigenvalue weighted by molar-refractivity contribution is 6.12. The van der Waals surface area contributed by atoms with E-state index in [0.29, 0.717) is 24.2 Å². The molecule has 4 fully saturated rings. The number of H-pyrrole nitrogens is 1. The molecule has 6 aromatic rings. The third-order valence-electron chi connectivity index (χ3n) is 14.8. The molecule has 1 atom stereocenters. The summed E-state index contributed by atoms with van der Waals surface area (Å²) in [6.45, 7) is 18.2. The number of aromatic nitrogens is 5. The number of benzene rings is 3. The number of aromatic amines is 1. The average Bonchev–Trinajstić information content (AvgIpc) is 3.97. The number of carbonyl (C=O) groups is 3. The molecule has 15 heteroatoms. The number of urea groups is 1. The van der Waals surface area contributed by atoms with Crippen LogP contribution >= 0.6 is 0 Å². The number of hydrogen-bond donors (Lipinski definition) is 3. The molecule has 1 spiro atoms. The van der Waals surface area contributed by atoms with Crippen molar-refractivity contribution in [1.29, 1.82) is 0 Å². The number of hydrogen-bond acceptors (Lipinski definition) is 11. The minimum absolute atomic E-state index is 0.0387. The van der Waals surface area contributed by atoms with Crippen molar-refractivity contribution in [2.75, 3.05) is 67.1 Å². The molecule has 15 nitrogen and oxygen atoms in total. The number of piperidine rings is 3. The Kier molecular flexibility index (Phi) is 11.5. The minimum Gasteiger partial charge on any atom is -0.372 e. The quantitative estimate of drug-likeness (QED) is 0.128. The highest BCUT2D eigenvalue weighted by Gasteiger charge is 2.38. The van der Waals surface area contributed by atoms with Gasteiger partial charge in [-0.2, -0.15) is 4.98 Å². The number of rotatable bonds is 9. The molecule has 4 amide bonds. The molecule has 0 saturated carbocycles. The lowest BCUT2D eigenvalue weighted by Crippen LogP contribution is -2.49. The summed E-state index contributed by atoms with van der Waals surface area (Å²) in [6, 6.07) is 20.6. The summed E-state index contributed by atoms with van der Waals surface area (Å²) in [6.07, 6.45) is 9.37. The Morgan fingerprint density at radius 3 is 2.26 bits per heavy atom. The van der Waals surface area contributed by atoms with E-state index in [9.17, 15) is 14.4 Å². The van der Waals surface area contributed by atoms with Gasteiger partial charge in [-0.3, -0.25) is 19.8 Å². The van der Waals surface area contributed by atoms with Gasteiger partial charge in [-0.05, 0) is 130 Å². The first-order valence-corrected chi connectivity index (χ1v) is 23.8. The van der Waals surface area contributed by atoms with Crippen molar-refractivity contribution < 1.29 is 18.9 Å². The summed E-state index contributed by atoms with van der Waals surface area (Å²) in [5, 5.41) is 11.5. The van der Waals surface area contributed by atoms with Crippen molar-refractivity contribution in [3.8, 4) is 11.3 Å². The van der Waals surface area contributed by atoms with Crippen molar-refractivity contribution in [2.24, 2.45) is 11.3 Å². The maximum absolute atomic E-state index is 13.0. The summed E-state index contributed by atoms with van der Waals surface area (Å²) in [5.74, 6) is 0.568. The van der Waals surface area contributed by atoms with Gasteiger partial charge in [-0.25, -0.2) is 14.8 Å². The number of imide groups is 1. The Balaban J connectivity index is 0.719. The zero-order valence-electron chi connectivity index (χ0n) is 38.8. The van der Waals surface area contributed by atoms with Crippen LogP contribution in [0, 0.1) is 18.3 Å². The molecule has 4 aliphatic heterocycles. The standard InChI is InChI=1S/C51H61N11O4/c1-32-28-35(6-12-39(32)33(2)54-46(64)47-57-48(58-66-47)50(3,4)5)44-43-40-13-11-38(29-41(40)55-45(43)53-31-52-44)61-26-19-51(20-27-61)17-24-59(25-18-51)30-34-14-21-60(22-15-34)36-7-9-37(10-8-36)62-23-16-42(63)56-49(62)65/h6-13,28-29,31,33-34H,14-27,30H2,1-5H3,(H,54,64)(H,52,53,55)(H,56,63,65)/t33-/m1/s1. The van der Waals surface area contributed by atoms with Crippen molar-refractivity contribution in [3.63, 3.8) is 0 Å². The van der Waals surface area contributed by atoms with E-state index in [1.165, 1.54) is 69.5 Å². The van der Waals surface area contributed by atoms with Gasteiger partial charge >= 0.3 is 17.8 Å². The first-order chi connectivity index (χ1) is 31.8. The zero-order valence-corrected chi connectivity index (χ0v) is 38.8. The van der Waals surface area contributed by atoms with E-state index in [2.05, 4.69) is 101 Å². The lowest BCUT2D eigenvalue weighted by atomic mass is 9.71. The van der Waals surface area contributed by atoms with Crippen molar-refractivity contribution in [1.82, 2.24) is 40.6 Å². The van der Waals surface area contributed by atoms with Gasteiger partial charge in [0.05, 0.1) is 17.1 Å². The number of amides is 4. The van der Waals surface area contributed by atoms with E-state index in [4.69, 9.17) is 9.51 Å². The van der Waals surface area contributed by atoms with Gasteiger partial charge < -0.3 is 29.5 Å². The normalized spacial score (nSPS) is 19.2. The summed E-state index contributed by atoms with van der Waals surface area (Å²) >= 11 is 0. The Morgan fingerprint density at radius 1 is 0.864 bits per heavy atom. The Hall–Kier alpha value is -6.35. The molecule has 0 aliphatic carbocycles. The molecule has 4 aliphatic rings. The first kappa shape index (κ1) is 43.5. The third-order valence-corrected chi connectivity index (χ3v) is 14.8. The van der Waals surface area contributed by atoms with Crippen LogP contribution in [-0.2, 0) is 10.2 Å². The lowest BCUT2D eigenvalue weighted by molar-refractivity contribution is -0.120. The highest BCUT2D eigenvalue weighted by Crippen LogP contribution is 2.43. The predicted octanol–water partition coefficient (Wildman–Crippen LogP) is 8.30. The number of nitrogens with one attached hydrogen (secondary N) is 3. The van der Waals surface area contributed by atoms with Crippen LogP contribution < -0.4 is 25.3 Å². The van der Waals surface area contributed by atoms with Gasteiger partial charge in [-0.1, -0.05) is 44.1 Å². The topological polar surface area (TPSA) is 169 Å². The van der Waals surface area contributed by atoms with Crippen LogP contribution in [0.25, 0.3) is 33.2 Å². The van der Waals surface area contributed by atoms with E-state index in [-0.39, 0.29) is 29.3 Å². The maximum atomic E-state index is 13.0. The Labute approximate surface area is 385 Å². The van der Waals surface area contributed by atoms with Crippen LogP contribution in [0.15, 0.2) is 71.5 Å². The molecule has 0 bridgehead atoms. The van der Waals surface area contributed by atoms with Crippen LogP contribution in [0.3, 0.4) is 0 Å². The zero-order chi connectivity index (χ0) is 45.7. The van der Waals surface area contributed by atoms with Gasteiger partial charge in [0.1, 0.15) is 12.0 Å². The highest BCUT2D eigenvalue weighted by atomic mass is 16.5. The first-order valence-electron chi connectivity index (χ1n) is 23.8. The van der Waals surface area contributed by atoms with Gasteiger partial charge in [-0.15, -0.1) is 0 Å². The summed E-state index contributed by atoms with van der Waals surface area (Å²) in [5.41, 5.74) is 9.16. The molecule has 10 rings (SSSR count). The molecule has 0 unspecified atom stereocenters. The fourth-order valence-electron chi connectivity index (χ4n) is 10.7. The number of likely N-dealkylation sites (tertiary alicyclic amines) is 1. The number of fused-ring (bicyclic) bond motifs is 3. The average molecular weight is 892 g/mol. The third kappa shape index (κ3) is 8.72. The van der Waals surface area contributed by atoms with Crippen LogP contribution in [-0.4, -0.2) is 100 Å². The Bertz CT molecular complexity index is 2770. The molecule has 3 aromatic heterocycles. The fraction of sp³-hybridized carbons (Fsp3) is 0.471. The second kappa shape index (κ2) is 17.5. The van der Waals surface area contributed by atoms with E-state index in [1.807, 2.05) is 39.8 Å². The number of aryl methyl sites for hydroxylation is 1. The van der Waals surface area contributed by atoms with Crippen molar-refractivity contribution in [2.45, 2.75) is 91.0 Å². The molecule has 66 heavy (non-hydrogen) atoms. The molecule has 0 radical (unpaired) electrons. The van der Waals surface area contributed by atoms with Gasteiger partial charge in [0.2, 0.25) is 5.91 Å². The summed E-state index contributed by atoms with van der Waals surface area (Å²) in [4.78, 5) is 63.6. The molecule has 3 N–H and O–H groups in total. The fourth-order valence-corrected chi connectivity index (χ4v) is 10.7. The van der Waals surface area contributed by atoms with Gasteiger partial charge in [0, 0.05) is 84.6 Å². The monoisotopic (exact) mass is 891 g/mol. The van der Waals surface area contributed by atoms with Crippen LogP contribution in [0.5, 0.6) is 0 Å². The summed E-state index contributed by atoms with van der Waals surface area (Å²) in [7, 11) is 0. The lowest BCUT2D eigenvalue weighted by Gasteiger charge is -2.48. The number of nitrogens with zero attached hydrogens (tertiary/aromatic N) is 8. The number of anilines is 3. The van der Waals surface area contributed by atoms with E-state index in [0.717, 1.165) is 82.1 Å². The van der Waals surface area contributed by atoms with Crippen LogP contribution in [0.1, 0.15) is 106 Å². The predicted molar refractivity (Wildman–Crippen MR) is 257 cm³/mol. The second-order valence-corrected chi connectivity index (χ2v) is 20.2. The van der Waals surface area contributed by atoms with E-state index in [1.54, 1.807) is 11.2 Å². The molecular formula is C51H61N11O4. The Morgan fingerprint density at radius 2 is 1.56 bits per heavy atom. The van der Waals surface area contributed by atoms with E-state index < -0.39 is 5.91 Å². The number of carbonyl (C=O) groups excluding carboxylic acids is 3. The molecule has 4 saturated heterocycles. The van der Waals surface area contributed by atoms with E-state index >= 15 is 0 Å². The molecule has 3 aromatic carbocycles. The minimum atomic E-state index is -0.398. The maximum Gasteiger partial charge on any atom is 0.328 e. The smallest absolute Gasteiger partial charge is 0.328 e. The molecular weight excluding hydrogens is 831 g/mol. The summed E-state index contributed by atoms with van der Waals surface area (Å²) < 4.78 is 5.27. The van der Waals surface area contributed by atoms with Gasteiger partial charge in [0.15, 0.2) is 5.82 Å². The van der Waals surface area contributed by atoms with Crippen LogP contribution in [0.4, 0.5) is 21.9 Å². The molecule has 7 heterocycles.